The first-order chi connectivity index (χ1) is 10.8. The Labute approximate surface area is 136 Å². The lowest BCUT2D eigenvalue weighted by molar-refractivity contribution is -0.116. The van der Waals surface area contributed by atoms with Crippen LogP contribution in [0.15, 0.2) is 45.9 Å². The number of hydrogen-bond donors (Lipinski definition) is 1. The van der Waals surface area contributed by atoms with Gasteiger partial charge in [-0.25, -0.2) is 12.7 Å². The fourth-order valence-corrected chi connectivity index (χ4v) is 2.94. The first-order valence-electron chi connectivity index (χ1n) is 7.16. The lowest BCUT2D eigenvalue weighted by atomic mass is 10.2. The molecule has 0 aliphatic heterocycles. The predicted molar refractivity (Wildman–Crippen MR) is 87.7 cm³/mol. The third kappa shape index (κ3) is 4.20. The molecule has 0 saturated carbocycles. The number of carbonyl (C=O) groups excluding carboxylic acids is 1. The molecule has 23 heavy (non-hydrogen) atoms. The summed E-state index contributed by atoms with van der Waals surface area (Å²) >= 11 is 0. The molecule has 1 N–H and O–H groups in total. The third-order valence-electron chi connectivity index (χ3n) is 3.44. The summed E-state index contributed by atoms with van der Waals surface area (Å²) in [6.07, 6.45) is 2.32. The van der Waals surface area contributed by atoms with Crippen LogP contribution < -0.4 is 5.32 Å². The molecule has 124 valence electrons. The van der Waals surface area contributed by atoms with Gasteiger partial charge in [0.2, 0.25) is 15.9 Å². The molecule has 0 aliphatic rings. The van der Waals surface area contributed by atoms with Crippen molar-refractivity contribution in [3.63, 3.8) is 0 Å². The number of nitrogens with zero attached hydrogens (tertiary/aromatic N) is 1. The largest absolute Gasteiger partial charge is 0.469 e. The minimum atomic E-state index is -3.53. The topological polar surface area (TPSA) is 79.6 Å². The van der Waals surface area contributed by atoms with E-state index in [1.54, 1.807) is 18.4 Å². The summed E-state index contributed by atoms with van der Waals surface area (Å²) in [6, 6.07) is 8.27. The Morgan fingerprint density at radius 1 is 1.26 bits per heavy atom. The van der Waals surface area contributed by atoms with Crippen LogP contribution in [-0.4, -0.2) is 32.7 Å². The van der Waals surface area contributed by atoms with Crippen molar-refractivity contribution in [2.45, 2.75) is 24.7 Å². The van der Waals surface area contributed by atoms with Crippen LogP contribution in [0.2, 0.25) is 0 Å². The van der Waals surface area contributed by atoms with Gasteiger partial charge in [0.05, 0.1) is 11.2 Å². The molecule has 7 heteroatoms. The molecule has 1 amide bonds. The number of hydrogen-bond acceptors (Lipinski definition) is 4. The molecule has 1 aromatic carbocycles. The fourth-order valence-electron chi connectivity index (χ4n) is 2.01. The average Bonchev–Trinajstić information content (AvgIpc) is 3.00. The third-order valence-corrected chi connectivity index (χ3v) is 5.25. The molecule has 2 rings (SSSR count). The summed E-state index contributed by atoms with van der Waals surface area (Å²) < 4.78 is 30.6. The van der Waals surface area contributed by atoms with Gasteiger partial charge in [-0.15, -0.1) is 0 Å². The number of carbonyl (C=O) groups is 1. The van der Waals surface area contributed by atoms with Gasteiger partial charge in [-0.05, 0) is 36.8 Å². The van der Waals surface area contributed by atoms with E-state index in [0.29, 0.717) is 12.1 Å². The van der Waals surface area contributed by atoms with Crippen molar-refractivity contribution in [2.24, 2.45) is 0 Å². The average molecular weight is 336 g/mol. The number of sulfonamides is 1. The summed E-state index contributed by atoms with van der Waals surface area (Å²) in [4.78, 5) is 12.2. The smallest absolute Gasteiger partial charge is 0.242 e. The SMILES string of the molecule is Cc1ccc(S(=O)(=O)N(C)C)cc1NC(=O)CCc1ccco1. The molecule has 0 aliphatic carbocycles. The molecule has 0 bridgehead atoms. The van der Waals surface area contributed by atoms with Gasteiger partial charge >= 0.3 is 0 Å². The van der Waals surface area contributed by atoms with E-state index in [-0.39, 0.29) is 17.2 Å². The Bertz CT molecular complexity index is 780. The standard InChI is InChI=1S/C16H20N2O4S/c1-12-6-8-14(23(20,21)18(2)3)11-15(12)17-16(19)9-7-13-5-4-10-22-13/h4-6,8,10-11H,7,9H2,1-3H3,(H,17,19). The maximum absolute atomic E-state index is 12.2. The molecule has 1 heterocycles. The van der Waals surface area contributed by atoms with Gasteiger partial charge in [-0.3, -0.25) is 4.79 Å². The molecule has 1 aromatic heterocycles. The molecule has 0 saturated heterocycles. The first-order valence-corrected chi connectivity index (χ1v) is 8.60. The van der Waals surface area contributed by atoms with Gasteiger partial charge in [0.1, 0.15) is 5.76 Å². The van der Waals surface area contributed by atoms with Crippen LogP contribution in [0.5, 0.6) is 0 Å². The zero-order valence-corrected chi connectivity index (χ0v) is 14.2. The van der Waals surface area contributed by atoms with Crippen molar-refractivity contribution in [1.82, 2.24) is 4.31 Å². The first kappa shape index (κ1) is 17.2. The number of nitrogens with one attached hydrogen (secondary N) is 1. The second-order valence-corrected chi connectivity index (χ2v) is 7.54. The molecule has 0 spiro atoms. The summed E-state index contributed by atoms with van der Waals surface area (Å²) in [6.45, 7) is 1.81. The van der Waals surface area contributed by atoms with E-state index >= 15 is 0 Å². The molecule has 2 aromatic rings. The predicted octanol–water partition coefficient (Wildman–Crippen LogP) is 2.41. The summed E-state index contributed by atoms with van der Waals surface area (Å²) in [5, 5.41) is 2.76. The maximum atomic E-state index is 12.2. The molecular formula is C16H20N2O4S. The number of anilines is 1. The van der Waals surface area contributed by atoms with Crippen LogP contribution in [0, 0.1) is 6.92 Å². The highest BCUT2D eigenvalue weighted by atomic mass is 32.2. The molecular weight excluding hydrogens is 316 g/mol. The van der Waals surface area contributed by atoms with Gasteiger partial charge in [-0.1, -0.05) is 6.07 Å². The molecule has 0 atom stereocenters. The molecule has 0 fully saturated rings. The van der Waals surface area contributed by atoms with Crippen molar-refractivity contribution < 1.29 is 17.6 Å². The second kappa shape index (κ2) is 6.97. The van der Waals surface area contributed by atoms with E-state index < -0.39 is 10.0 Å². The second-order valence-electron chi connectivity index (χ2n) is 5.39. The molecule has 0 radical (unpaired) electrons. The fraction of sp³-hybridized carbons (Fsp3) is 0.312. The van der Waals surface area contributed by atoms with E-state index in [0.717, 1.165) is 15.6 Å². The zero-order valence-electron chi connectivity index (χ0n) is 13.4. The van der Waals surface area contributed by atoms with Gasteiger partial charge in [0.15, 0.2) is 0 Å². The number of benzene rings is 1. The Balaban J connectivity index is 2.11. The van der Waals surface area contributed by atoms with E-state index in [9.17, 15) is 13.2 Å². The van der Waals surface area contributed by atoms with E-state index in [2.05, 4.69) is 5.32 Å². The van der Waals surface area contributed by atoms with Gasteiger partial charge in [0, 0.05) is 32.6 Å². The van der Waals surface area contributed by atoms with E-state index in [1.807, 2.05) is 13.0 Å². The lowest BCUT2D eigenvalue weighted by Crippen LogP contribution is -2.22. The highest BCUT2D eigenvalue weighted by Gasteiger charge is 2.18. The van der Waals surface area contributed by atoms with Gasteiger partial charge in [0.25, 0.3) is 0 Å². The summed E-state index contributed by atoms with van der Waals surface area (Å²) in [5.74, 6) is 0.546. The Hall–Kier alpha value is -2.12. The number of amides is 1. The van der Waals surface area contributed by atoms with Crippen LogP contribution in [0.4, 0.5) is 5.69 Å². The summed E-state index contributed by atoms with van der Waals surface area (Å²) in [5.41, 5.74) is 1.30. The number of furan rings is 1. The van der Waals surface area contributed by atoms with Crippen LogP contribution >= 0.6 is 0 Å². The van der Waals surface area contributed by atoms with Crippen molar-refractivity contribution in [1.29, 1.82) is 0 Å². The Morgan fingerprint density at radius 3 is 2.61 bits per heavy atom. The monoisotopic (exact) mass is 336 g/mol. The quantitative estimate of drug-likeness (QED) is 0.878. The lowest BCUT2D eigenvalue weighted by Gasteiger charge is -2.14. The number of aryl methyl sites for hydroxylation is 2. The Kier molecular flexibility index (Phi) is 5.23. The highest BCUT2D eigenvalue weighted by molar-refractivity contribution is 7.89. The van der Waals surface area contributed by atoms with Crippen LogP contribution in [-0.2, 0) is 21.2 Å². The van der Waals surface area contributed by atoms with Crippen molar-refractivity contribution in [3.05, 3.63) is 47.9 Å². The van der Waals surface area contributed by atoms with Gasteiger partial charge in [-0.2, -0.15) is 0 Å². The minimum Gasteiger partial charge on any atom is -0.469 e. The molecule has 0 unspecified atom stereocenters. The van der Waals surface area contributed by atoms with Crippen LogP contribution in [0.1, 0.15) is 17.7 Å². The minimum absolute atomic E-state index is 0.148. The van der Waals surface area contributed by atoms with E-state index in [4.69, 9.17) is 4.42 Å². The van der Waals surface area contributed by atoms with Crippen molar-refractivity contribution in [2.75, 3.05) is 19.4 Å². The van der Waals surface area contributed by atoms with Crippen LogP contribution in [0.25, 0.3) is 0 Å². The van der Waals surface area contributed by atoms with Gasteiger partial charge < -0.3 is 9.73 Å². The normalized spacial score (nSPS) is 11.7. The number of rotatable bonds is 6. The molecule has 6 nitrogen and oxygen atoms in total. The summed E-state index contributed by atoms with van der Waals surface area (Å²) in [7, 11) is -0.595. The van der Waals surface area contributed by atoms with Crippen molar-refractivity contribution in [3.8, 4) is 0 Å². The van der Waals surface area contributed by atoms with Crippen LogP contribution in [0.3, 0.4) is 0 Å². The highest BCUT2D eigenvalue weighted by Crippen LogP contribution is 2.22. The Morgan fingerprint density at radius 2 is 2.00 bits per heavy atom. The van der Waals surface area contributed by atoms with E-state index in [1.165, 1.54) is 26.2 Å². The zero-order chi connectivity index (χ0) is 17.0. The maximum Gasteiger partial charge on any atom is 0.242 e. The van der Waals surface area contributed by atoms with Crippen molar-refractivity contribution >= 4 is 21.6 Å².